The van der Waals surface area contributed by atoms with Gasteiger partial charge in [-0.25, -0.2) is 15.0 Å². The standard InChI is InChI=1S/C23H23N5O2S/c1-16-14-25-22(28-9-7-23(8-10-28)29-11-12-30-23)27-20(16)18(13-24)21-26-19(15-31-21)17-5-3-2-4-6-17/h2-6,14-15,18H,7-12H2,1H3. The van der Waals surface area contributed by atoms with Crippen molar-refractivity contribution in [1.29, 1.82) is 5.26 Å². The second-order valence-electron chi connectivity index (χ2n) is 7.83. The normalized spacial score (nSPS) is 18.8. The summed E-state index contributed by atoms with van der Waals surface area (Å²) in [6.45, 7) is 4.78. The van der Waals surface area contributed by atoms with E-state index in [1.54, 1.807) is 6.20 Å². The predicted octanol–water partition coefficient (Wildman–Crippen LogP) is 3.91. The molecule has 158 valence electrons. The van der Waals surface area contributed by atoms with E-state index >= 15 is 0 Å². The van der Waals surface area contributed by atoms with E-state index in [2.05, 4.69) is 16.0 Å². The zero-order valence-corrected chi connectivity index (χ0v) is 18.1. The highest BCUT2D eigenvalue weighted by molar-refractivity contribution is 7.10. The molecule has 1 spiro atoms. The summed E-state index contributed by atoms with van der Waals surface area (Å²) in [5, 5.41) is 12.7. The lowest BCUT2D eigenvalue weighted by atomic mass is 10.0. The molecule has 2 aromatic heterocycles. The summed E-state index contributed by atoms with van der Waals surface area (Å²) >= 11 is 1.49. The molecule has 0 saturated carbocycles. The fourth-order valence-corrected chi connectivity index (χ4v) is 4.99. The minimum absolute atomic E-state index is 0.437. The molecule has 0 bridgehead atoms. The van der Waals surface area contributed by atoms with Crippen LogP contribution in [-0.2, 0) is 9.47 Å². The SMILES string of the molecule is Cc1cnc(N2CCC3(CC2)OCCO3)nc1C(C#N)c1nc(-c2ccccc2)cs1. The highest BCUT2D eigenvalue weighted by Gasteiger charge is 2.40. The summed E-state index contributed by atoms with van der Waals surface area (Å²) in [7, 11) is 0. The quantitative estimate of drug-likeness (QED) is 0.617. The largest absolute Gasteiger partial charge is 0.347 e. The molecular weight excluding hydrogens is 410 g/mol. The van der Waals surface area contributed by atoms with Gasteiger partial charge in [0.05, 0.1) is 30.7 Å². The van der Waals surface area contributed by atoms with Crippen molar-refractivity contribution in [3.05, 3.63) is 58.2 Å². The molecule has 2 fully saturated rings. The summed E-state index contributed by atoms with van der Waals surface area (Å²) in [5.41, 5.74) is 3.53. The van der Waals surface area contributed by atoms with E-state index in [1.165, 1.54) is 11.3 Å². The van der Waals surface area contributed by atoms with E-state index in [9.17, 15) is 5.26 Å². The van der Waals surface area contributed by atoms with E-state index in [1.807, 2.05) is 42.6 Å². The summed E-state index contributed by atoms with van der Waals surface area (Å²) in [4.78, 5) is 16.3. The summed E-state index contributed by atoms with van der Waals surface area (Å²) in [5.74, 6) is -0.316. The number of anilines is 1. The molecule has 2 aliphatic heterocycles. The molecule has 5 rings (SSSR count). The highest BCUT2D eigenvalue weighted by atomic mass is 32.1. The molecule has 7 nitrogen and oxygen atoms in total. The molecule has 1 unspecified atom stereocenters. The minimum Gasteiger partial charge on any atom is -0.347 e. The Morgan fingerprint density at radius 2 is 1.87 bits per heavy atom. The van der Waals surface area contributed by atoms with Crippen molar-refractivity contribution < 1.29 is 9.47 Å². The van der Waals surface area contributed by atoms with Crippen LogP contribution in [0.15, 0.2) is 41.9 Å². The van der Waals surface area contributed by atoms with E-state index in [4.69, 9.17) is 19.4 Å². The lowest BCUT2D eigenvalue weighted by Gasteiger charge is -2.37. The third-order valence-electron chi connectivity index (χ3n) is 5.86. The number of benzene rings is 1. The number of hydrogen-bond donors (Lipinski definition) is 0. The first-order chi connectivity index (χ1) is 15.2. The number of aromatic nitrogens is 3. The average Bonchev–Trinajstić information content (AvgIpc) is 3.47. The monoisotopic (exact) mass is 433 g/mol. The first-order valence-corrected chi connectivity index (χ1v) is 11.3. The number of ether oxygens (including phenoxy) is 2. The molecule has 3 aromatic rings. The fourth-order valence-electron chi connectivity index (χ4n) is 4.12. The molecule has 0 radical (unpaired) electrons. The van der Waals surface area contributed by atoms with Gasteiger partial charge in [0, 0.05) is 43.1 Å². The van der Waals surface area contributed by atoms with Crippen LogP contribution in [0.25, 0.3) is 11.3 Å². The first kappa shape index (κ1) is 20.1. The van der Waals surface area contributed by atoms with Crippen molar-refractivity contribution in [3.63, 3.8) is 0 Å². The van der Waals surface area contributed by atoms with Crippen LogP contribution in [-0.4, -0.2) is 47.0 Å². The highest BCUT2D eigenvalue weighted by Crippen LogP contribution is 2.34. The number of thiazole rings is 1. The second kappa shape index (κ2) is 8.35. The molecule has 8 heteroatoms. The average molecular weight is 434 g/mol. The minimum atomic E-state index is -0.526. The van der Waals surface area contributed by atoms with Gasteiger partial charge in [0.15, 0.2) is 5.79 Å². The molecular formula is C23H23N5O2S. The van der Waals surface area contributed by atoms with Crippen LogP contribution in [0.1, 0.15) is 35.0 Å². The molecule has 0 amide bonds. The Morgan fingerprint density at radius 3 is 2.58 bits per heavy atom. The molecule has 4 heterocycles. The molecule has 1 atom stereocenters. The van der Waals surface area contributed by atoms with Crippen molar-refractivity contribution in [3.8, 4) is 17.3 Å². The number of nitriles is 1. The van der Waals surface area contributed by atoms with Crippen LogP contribution in [0.4, 0.5) is 5.95 Å². The second-order valence-corrected chi connectivity index (χ2v) is 8.72. The fraction of sp³-hybridized carbons (Fsp3) is 0.391. The molecule has 31 heavy (non-hydrogen) atoms. The third kappa shape index (κ3) is 3.92. The van der Waals surface area contributed by atoms with Crippen molar-refractivity contribution in [1.82, 2.24) is 15.0 Å². The van der Waals surface area contributed by atoms with Crippen LogP contribution >= 0.6 is 11.3 Å². The topological polar surface area (TPSA) is 84.2 Å². The van der Waals surface area contributed by atoms with Gasteiger partial charge in [-0.15, -0.1) is 11.3 Å². The number of aryl methyl sites for hydroxylation is 1. The Bertz CT molecular complexity index is 1090. The van der Waals surface area contributed by atoms with Crippen LogP contribution < -0.4 is 4.90 Å². The summed E-state index contributed by atoms with van der Waals surface area (Å²) in [6.07, 6.45) is 3.38. The molecule has 0 N–H and O–H groups in total. The van der Waals surface area contributed by atoms with Gasteiger partial charge in [-0.2, -0.15) is 5.26 Å². The van der Waals surface area contributed by atoms with Gasteiger partial charge in [-0.1, -0.05) is 30.3 Å². The number of rotatable bonds is 4. The Morgan fingerprint density at radius 1 is 1.13 bits per heavy atom. The maximum absolute atomic E-state index is 9.99. The Balaban J connectivity index is 1.39. The van der Waals surface area contributed by atoms with Gasteiger partial charge in [0.1, 0.15) is 10.9 Å². The van der Waals surface area contributed by atoms with Gasteiger partial charge >= 0.3 is 0 Å². The van der Waals surface area contributed by atoms with Crippen molar-refractivity contribution >= 4 is 17.3 Å². The van der Waals surface area contributed by atoms with Gasteiger partial charge < -0.3 is 14.4 Å². The van der Waals surface area contributed by atoms with Crippen molar-refractivity contribution in [2.75, 3.05) is 31.2 Å². The third-order valence-corrected chi connectivity index (χ3v) is 6.77. The smallest absolute Gasteiger partial charge is 0.225 e. The van der Waals surface area contributed by atoms with Crippen LogP contribution in [0.3, 0.4) is 0 Å². The van der Waals surface area contributed by atoms with Gasteiger partial charge in [-0.3, -0.25) is 0 Å². The van der Waals surface area contributed by atoms with E-state index in [-0.39, 0.29) is 0 Å². The van der Waals surface area contributed by atoms with E-state index in [0.717, 1.165) is 53.5 Å². The maximum atomic E-state index is 9.99. The van der Waals surface area contributed by atoms with Crippen LogP contribution in [0, 0.1) is 18.3 Å². The summed E-state index contributed by atoms with van der Waals surface area (Å²) < 4.78 is 11.6. The van der Waals surface area contributed by atoms with E-state index in [0.29, 0.717) is 19.2 Å². The molecule has 0 aliphatic carbocycles. The molecule has 2 aliphatic rings. The van der Waals surface area contributed by atoms with Gasteiger partial charge in [-0.05, 0) is 12.5 Å². The van der Waals surface area contributed by atoms with Crippen molar-refractivity contribution in [2.24, 2.45) is 0 Å². The van der Waals surface area contributed by atoms with Crippen LogP contribution in [0.5, 0.6) is 0 Å². The number of piperidine rings is 1. The lowest BCUT2D eigenvalue weighted by Crippen LogP contribution is -2.45. The van der Waals surface area contributed by atoms with E-state index < -0.39 is 11.7 Å². The zero-order chi connectivity index (χ0) is 21.3. The van der Waals surface area contributed by atoms with Crippen molar-refractivity contribution in [2.45, 2.75) is 31.5 Å². The van der Waals surface area contributed by atoms with Crippen LogP contribution in [0.2, 0.25) is 0 Å². The zero-order valence-electron chi connectivity index (χ0n) is 17.3. The first-order valence-electron chi connectivity index (χ1n) is 10.4. The Hall–Kier alpha value is -2.86. The Labute approximate surface area is 185 Å². The molecule has 2 saturated heterocycles. The maximum Gasteiger partial charge on any atom is 0.225 e. The van der Waals surface area contributed by atoms with Gasteiger partial charge in [0.2, 0.25) is 5.95 Å². The lowest BCUT2D eigenvalue weighted by molar-refractivity contribution is -0.169. The predicted molar refractivity (Wildman–Crippen MR) is 118 cm³/mol. The Kier molecular flexibility index (Phi) is 5.40. The number of hydrogen-bond acceptors (Lipinski definition) is 8. The van der Waals surface area contributed by atoms with Gasteiger partial charge in [0.25, 0.3) is 0 Å². The summed E-state index contributed by atoms with van der Waals surface area (Å²) in [6, 6.07) is 12.4. The number of nitrogens with zero attached hydrogens (tertiary/aromatic N) is 5. The molecule has 1 aromatic carbocycles.